The zero-order valence-electron chi connectivity index (χ0n) is 8.47. The fourth-order valence-electron chi connectivity index (χ4n) is 1.52. The Hall–Kier alpha value is -1.77. The molecule has 0 aliphatic carbocycles. The van der Waals surface area contributed by atoms with Crippen LogP contribution in [-0.4, -0.2) is 19.2 Å². The van der Waals surface area contributed by atoms with E-state index in [9.17, 15) is 4.79 Å². The minimum absolute atomic E-state index is 0.120. The number of carbonyl (C=O) groups is 1. The molecule has 3 nitrogen and oxygen atoms in total. The molecule has 0 fully saturated rings. The van der Waals surface area contributed by atoms with E-state index in [-0.39, 0.29) is 12.1 Å². The lowest BCUT2D eigenvalue weighted by molar-refractivity contribution is -0.138. The number of hydrogen-bond donors (Lipinski definition) is 0. The van der Waals surface area contributed by atoms with Crippen molar-refractivity contribution in [2.24, 2.45) is 0 Å². The Morgan fingerprint density at radius 3 is 2.60 bits per heavy atom. The average Bonchev–Trinajstić information content (AvgIpc) is 2.65. The normalized spacial score (nSPS) is 19.0. The van der Waals surface area contributed by atoms with Crippen molar-refractivity contribution in [2.75, 3.05) is 7.11 Å². The average molecular weight is 204 g/mol. The van der Waals surface area contributed by atoms with Crippen LogP contribution in [0.3, 0.4) is 0 Å². The molecule has 3 heteroatoms. The molecule has 1 aromatic rings. The molecule has 2 rings (SSSR count). The van der Waals surface area contributed by atoms with Crippen molar-refractivity contribution in [3.8, 4) is 5.75 Å². The van der Waals surface area contributed by atoms with Crippen molar-refractivity contribution >= 4 is 5.97 Å². The van der Waals surface area contributed by atoms with Crippen LogP contribution < -0.4 is 4.74 Å². The molecule has 0 bridgehead atoms. The number of carbonyl (C=O) groups excluding carboxylic acids is 1. The summed E-state index contributed by atoms with van der Waals surface area (Å²) in [6.07, 6.45) is 3.85. The summed E-state index contributed by atoms with van der Waals surface area (Å²) < 4.78 is 10.1. The molecule has 0 aromatic heterocycles. The zero-order valence-corrected chi connectivity index (χ0v) is 8.47. The van der Waals surface area contributed by atoms with E-state index in [1.807, 2.05) is 24.3 Å². The van der Waals surface area contributed by atoms with E-state index in [0.717, 1.165) is 11.3 Å². The third-order valence-corrected chi connectivity index (χ3v) is 2.31. The number of benzene rings is 1. The summed E-state index contributed by atoms with van der Waals surface area (Å²) in [5, 5.41) is 0. The second-order valence-electron chi connectivity index (χ2n) is 3.39. The molecule has 0 unspecified atom stereocenters. The summed E-state index contributed by atoms with van der Waals surface area (Å²) in [6, 6.07) is 7.74. The van der Waals surface area contributed by atoms with Gasteiger partial charge in [0.05, 0.1) is 7.11 Å². The van der Waals surface area contributed by atoms with Crippen molar-refractivity contribution in [1.82, 2.24) is 0 Å². The molecule has 0 amide bonds. The maximum atomic E-state index is 10.8. The van der Waals surface area contributed by atoms with Crippen LogP contribution >= 0.6 is 0 Å². The predicted molar refractivity (Wildman–Crippen MR) is 55.7 cm³/mol. The van der Waals surface area contributed by atoms with Gasteiger partial charge < -0.3 is 9.47 Å². The van der Waals surface area contributed by atoms with Gasteiger partial charge in [0.25, 0.3) is 0 Å². The Labute approximate surface area is 88.3 Å². The highest BCUT2D eigenvalue weighted by Gasteiger charge is 2.16. The second-order valence-corrected chi connectivity index (χ2v) is 3.39. The summed E-state index contributed by atoms with van der Waals surface area (Å²) in [7, 11) is 1.64. The van der Waals surface area contributed by atoms with E-state index >= 15 is 0 Å². The lowest BCUT2D eigenvalue weighted by Crippen LogP contribution is -2.10. The summed E-state index contributed by atoms with van der Waals surface area (Å²) in [6.45, 7) is 0. The minimum Gasteiger partial charge on any atom is -0.497 e. The van der Waals surface area contributed by atoms with Crippen LogP contribution in [0.15, 0.2) is 36.4 Å². The van der Waals surface area contributed by atoms with Gasteiger partial charge in [-0.15, -0.1) is 0 Å². The Kier molecular flexibility index (Phi) is 2.72. The van der Waals surface area contributed by atoms with E-state index in [2.05, 4.69) is 0 Å². The van der Waals surface area contributed by atoms with Crippen LogP contribution in [0.1, 0.15) is 5.56 Å². The molecule has 78 valence electrons. The molecule has 1 aliphatic heterocycles. The number of rotatable bonds is 3. The van der Waals surface area contributed by atoms with Gasteiger partial charge >= 0.3 is 5.97 Å². The highest BCUT2D eigenvalue weighted by molar-refractivity contribution is 5.84. The van der Waals surface area contributed by atoms with E-state index in [0.29, 0.717) is 6.42 Å². The molecule has 0 radical (unpaired) electrons. The maximum absolute atomic E-state index is 10.8. The van der Waals surface area contributed by atoms with Crippen molar-refractivity contribution < 1.29 is 14.3 Å². The SMILES string of the molecule is COc1ccc(C[C@@H]2C=CC(=O)O2)cc1. The monoisotopic (exact) mass is 204 g/mol. The van der Waals surface area contributed by atoms with Crippen LogP contribution in [0.25, 0.3) is 0 Å². The number of esters is 1. The van der Waals surface area contributed by atoms with Crippen LogP contribution in [0.2, 0.25) is 0 Å². The van der Waals surface area contributed by atoms with Gasteiger partial charge in [0.1, 0.15) is 11.9 Å². The largest absolute Gasteiger partial charge is 0.497 e. The second kappa shape index (κ2) is 4.17. The first-order valence-electron chi connectivity index (χ1n) is 4.79. The fourth-order valence-corrected chi connectivity index (χ4v) is 1.52. The molecule has 1 heterocycles. The molecule has 15 heavy (non-hydrogen) atoms. The molecule has 0 spiro atoms. The van der Waals surface area contributed by atoms with E-state index in [4.69, 9.17) is 9.47 Å². The molecule has 1 aliphatic rings. The van der Waals surface area contributed by atoms with E-state index < -0.39 is 0 Å². The van der Waals surface area contributed by atoms with Gasteiger partial charge in [-0.3, -0.25) is 0 Å². The lowest BCUT2D eigenvalue weighted by Gasteiger charge is -2.08. The molecular formula is C12H12O3. The molecule has 1 aromatic carbocycles. The Morgan fingerprint density at radius 2 is 2.07 bits per heavy atom. The minimum atomic E-state index is -0.256. The number of hydrogen-bond acceptors (Lipinski definition) is 3. The smallest absolute Gasteiger partial charge is 0.331 e. The van der Waals surface area contributed by atoms with Crippen molar-refractivity contribution in [2.45, 2.75) is 12.5 Å². The highest BCUT2D eigenvalue weighted by Crippen LogP contribution is 2.16. The van der Waals surface area contributed by atoms with Crippen molar-refractivity contribution in [3.05, 3.63) is 42.0 Å². The summed E-state index contributed by atoms with van der Waals surface area (Å²) >= 11 is 0. The zero-order chi connectivity index (χ0) is 10.7. The molecule has 0 saturated carbocycles. The first kappa shape index (κ1) is 9.77. The quantitative estimate of drug-likeness (QED) is 0.703. The van der Waals surface area contributed by atoms with Gasteiger partial charge in [-0.25, -0.2) is 4.79 Å². The molecule has 0 N–H and O–H groups in total. The number of methoxy groups -OCH3 is 1. The van der Waals surface area contributed by atoms with Crippen LogP contribution in [-0.2, 0) is 16.0 Å². The van der Waals surface area contributed by atoms with Gasteiger partial charge in [-0.05, 0) is 23.8 Å². The van der Waals surface area contributed by atoms with Gasteiger partial charge in [-0.1, -0.05) is 12.1 Å². The van der Waals surface area contributed by atoms with Gasteiger partial charge in [0.2, 0.25) is 0 Å². The number of cyclic esters (lactones) is 1. The first-order valence-corrected chi connectivity index (χ1v) is 4.79. The van der Waals surface area contributed by atoms with Gasteiger partial charge in [-0.2, -0.15) is 0 Å². The molecule has 1 atom stereocenters. The van der Waals surface area contributed by atoms with E-state index in [1.165, 1.54) is 6.08 Å². The topological polar surface area (TPSA) is 35.5 Å². The highest BCUT2D eigenvalue weighted by atomic mass is 16.5. The first-order chi connectivity index (χ1) is 7.28. The summed E-state index contributed by atoms with van der Waals surface area (Å²) in [5.41, 5.74) is 1.13. The number of ether oxygens (including phenoxy) is 2. The third kappa shape index (κ3) is 2.37. The Balaban J connectivity index is 1.99. The predicted octanol–water partition coefficient (Wildman–Crippen LogP) is 1.72. The molecular weight excluding hydrogens is 192 g/mol. The van der Waals surface area contributed by atoms with Crippen LogP contribution in [0.4, 0.5) is 0 Å². The van der Waals surface area contributed by atoms with Gasteiger partial charge in [0, 0.05) is 12.5 Å². The summed E-state index contributed by atoms with van der Waals surface area (Å²) in [5.74, 6) is 0.575. The van der Waals surface area contributed by atoms with E-state index in [1.54, 1.807) is 13.2 Å². The van der Waals surface area contributed by atoms with Crippen molar-refractivity contribution in [3.63, 3.8) is 0 Å². The van der Waals surface area contributed by atoms with Crippen LogP contribution in [0.5, 0.6) is 5.75 Å². The fraction of sp³-hybridized carbons (Fsp3) is 0.250. The van der Waals surface area contributed by atoms with Gasteiger partial charge in [0.15, 0.2) is 0 Å². The standard InChI is InChI=1S/C12H12O3/c1-14-10-4-2-9(3-5-10)8-11-6-7-12(13)15-11/h2-7,11H,8H2,1H3/t11-/m0/s1. The molecule has 0 saturated heterocycles. The third-order valence-electron chi connectivity index (χ3n) is 2.31. The maximum Gasteiger partial charge on any atom is 0.331 e. The summed E-state index contributed by atoms with van der Waals surface area (Å²) in [4.78, 5) is 10.8. The van der Waals surface area contributed by atoms with Crippen LogP contribution in [0, 0.1) is 0 Å². The Morgan fingerprint density at radius 1 is 1.33 bits per heavy atom. The van der Waals surface area contributed by atoms with Crippen molar-refractivity contribution in [1.29, 1.82) is 0 Å². The lowest BCUT2D eigenvalue weighted by atomic mass is 10.1. The Bertz CT molecular complexity index is 378.